The van der Waals surface area contributed by atoms with E-state index < -0.39 is 0 Å². The minimum Gasteiger partial charge on any atom is -0.383 e. The molecule has 0 fully saturated rings. The highest BCUT2D eigenvalue weighted by Gasteiger charge is 2.17. The van der Waals surface area contributed by atoms with Crippen LogP contribution >= 0.6 is 11.5 Å². The molecule has 3 rings (SSSR count). The van der Waals surface area contributed by atoms with Gasteiger partial charge in [-0.1, -0.05) is 24.3 Å². The van der Waals surface area contributed by atoms with Crippen LogP contribution < -0.4 is 10.6 Å². The van der Waals surface area contributed by atoms with Crippen LogP contribution in [0.25, 0.3) is 0 Å². The molecule has 1 aliphatic heterocycles. The van der Waals surface area contributed by atoms with E-state index in [0.29, 0.717) is 5.82 Å². The number of nitrogen functional groups attached to an aromatic ring is 1. The molecule has 0 spiro atoms. The number of rotatable bonds is 1. The molecule has 0 radical (unpaired) electrons. The van der Waals surface area contributed by atoms with Crippen molar-refractivity contribution in [2.45, 2.75) is 13.0 Å². The number of hydrogen-bond acceptors (Lipinski definition) is 4. The molecule has 0 unspecified atom stereocenters. The summed E-state index contributed by atoms with van der Waals surface area (Å²) in [7, 11) is 0. The lowest BCUT2D eigenvalue weighted by molar-refractivity contribution is 0.738. The maximum Gasteiger partial charge on any atom is 0.139 e. The first-order valence-electron chi connectivity index (χ1n) is 5.37. The Kier molecular flexibility index (Phi) is 2.29. The second kappa shape index (κ2) is 3.79. The molecule has 4 heteroatoms. The van der Waals surface area contributed by atoms with Gasteiger partial charge in [0.1, 0.15) is 10.8 Å². The van der Waals surface area contributed by atoms with Crippen molar-refractivity contribution in [3.8, 4) is 0 Å². The summed E-state index contributed by atoms with van der Waals surface area (Å²) in [6.07, 6.45) is 1.11. The fraction of sp³-hybridized carbons (Fsp3) is 0.250. The molecule has 0 saturated heterocycles. The van der Waals surface area contributed by atoms with Gasteiger partial charge in [0.15, 0.2) is 0 Å². The molecule has 1 aromatic carbocycles. The average Bonchev–Trinajstić information content (AvgIpc) is 2.75. The van der Waals surface area contributed by atoms with Crippen molar-refractivity contribution < 1.29 is 0 Å². The van der Waals surface area contributed by atoms with Crippen LogP contribution in [0.15, 0.2) is 30.3 Å². The average molecular weight is 231 g/mol. The van der Waals surface area contributed by atoms with Gasteiger partial charge in [0, 0.05) is 19.2 Å². The summed E-state index contributed by atoms with van der Waals surface area (Å²) in [5, 5.41) is 1.17. The summed E-state index contributed by atoms with van der Waals surface area (Å²) in [6.45, 7) is 2.02. The monoisotopic (exact) mass is 231 g/mol. The summed E-state index contributed by atoms with van der Waals surface area (Å²) in [5.74, 6) is 0.624. The molecule has 1 aromatic heterocycles. The van der Waals surface area contributed by atoms with Gasteiger partial charge < -0.3 is 10.6 Å². The minimum absolute atomic E-state index is 0.624. The zero-order valence-corrected chi connectivity index (χ0v) is 9.70. The fourth-order valence-corrected chi connectivity index (χ4v) is 2.81. The van der Waals surface area contributed by atoms with Crippen molar-refractivity contribution in [1.29, 1.82) is 0 Å². The van der Waals surface area contributed by atoms with Gasteiger partial charge >= 0.3 is 0 Å². The van der Waals surface area contributed by atoms with E-state index >= 15 is 0 Å². The highest BCUT2D eigenvalue weighted by Crippen LogP contribution is 2.28. The Morgan fingerprint density at radius 2 is 2.06 bits per heavy atom. The van der Waals surface area contributed by atoms with E-state index in [9.17, 15) is 0 Å². The highest BCUT2D eigenvalue weighted by atomic mass is 32.1. The summed E-state index contributed by atoms with van der Waals surface area (Å²) >= 11 is 1.48. The molecule has 82 valence electrons. The lowest BCUT2D eigenvalue weighted by Gasteiger charge is -2.28. The summed E-state index contributed by atoms with van der Waals surface area (Å²) in [5.41, 5.74) is 8.54. The van der Waals surface area contributed by atoms with Gasteiger partial charge in [-0.3, -0.25) is 0 Å². The van der Waals surface area contributed by atoms with E-state index in [1.807, 2.05) is 6.07 Å². The van der Waals surface area contributed by atoms with Crippen LogP contribution in [0.1, 0.15) is 11.1 Å². The number of nitrogens with zero attached hydrogens (tertiary/aromatic N) is 2. The number of fused-ring (bicyclic) bond motifs is 1. The predicted molar refractivity (Wildman–Crippen MR) is 67.7 cm³/mol. The van der Waals surface area contributed by atoms with Crippen LogP contribution in [-0.2, 0) is 13.0 Å². The molecule has 16 heavy (non-hydrogen) atoms. The van der Waals surface area contributed by atoms with E-state index in [-0.39, 0.29) is 0 Å². The smallest absolute Gasteiger partial charge is 0.139 e. The Morgan fingerprint density at radius 1 is 1.25 bits per heavy atom. The Hall–Kier alpha value is -1.55. The Bertz CT molecular complexity index is 506. The van der Waals surface area contributed by atoms with Gasteiger partial charge in [-0.05, 0) is 29.1 Å². The van der Waals surface area contributed by atoms with Crippen molar-refractivity contribution in [3.05, 3.63) is 41.5 Å². The van der Waals surface area contributed by atoms with Crippen molar-refractivity contribution in [2.24, 2.45) is 0 Å². The van der Waals surface area contributed by atoms with Crippen LogP contribution in [0.2, 0.25) is 0 Å². The lowest BCUT2D eigenvalue weighted by Crippen LogP contribution is -2.29. The van der Waals surface area contributed by atoms with Gasteiger partial charge in [0.05, 0.1) is 0 Å². The normalized spacial score (nSPS) is 14.9. The van der Waals surface area contributed by atoms with E-state index in [0.717, 1.165) is 19.5 Å². The number of benzene rings is 1. The van der Waals surface area contributed by atoms with Crippen LogP contribution in [-0.4, -0.2) is 10.9 Å². The fourth-order valence-electron chi connectivity index (χ4n) is 2.11. The summed E-state index contributed by atoms with van der Waals surface area (Å²) < 4.78 is 4.13. The van der Waals surface area contributed by atoms with Crippen molar-refractivity contribution in [2.75, 3.05) is 17.2 Å². The van der Waals surface area contributed by atoms with Crippen LogP contribution in [0.3, 0.4) is 0 Å². The second-order valence-corrected chi connectivity index (χ2v) is 4.81. The topological polar surface area (TPSA) is 42.1 Å². The highest BCUT2D eigenvalue weighted by molar-refractivity contribution is 7.10. The van der Waals surface area contributed by atoms with Crippen molar-refractivity contribution in [3.63, 3.8) is 0 Å². The van der Waals surface area contributed by atoms with Crippen molar-refractivity contribution >= 4 is 22.4 Å². The van der Waals surface area contributed by atoms with E-state index in [4.69, 9.17) is 5.73 Å². The Labute approximate surface area is 98.7 Å². The molecular weight excluding hydrogens is 218 g/mol. The third-order valence-corrected chi connectivity index (χ3v) is 3.82. The molecule has 0 saturated carbocycles. The number of hydrogen-bond donors (Lipinski definition) is 1. The first-order chi connectivity index (χ1) is 7.83. The maximum absolute atomic E-state index is 5.65. The lowest BCUT2D eigenvalue weighted by atomic mass is 10.0. The first kappa shape index (κ1) is 9.66. The Morgan fingerprint density at radius 3 is 2.81 bits per heavy atom. The number of anilines is 2. The largest absolute Gasteiger partial charge is 0.383 e. The molecular formula is C12H13N3S. The van der Waals surface area contributed by atoms with E-state index in [1.54, 1.807) is 0 Å². The quantitative estimate of drug-likeness (QED) is 0.818. The van der Waals surface area contributed by atoms with Crippen LogP contribution in [0.5, 0.6) is 0 Å². The van der Waals surface area contributed by atoms with Gasteiger partial charge in [-0.25, -0.2) is 0 Å². The summed E-state index contributed by atoms with van der Waals surface area (Å²) in [6, 6.07) is 10.6. The number of aromatic nitrogens is 1. The van der Waals surface area contributed by atoms with E-state index in [1.165, 1.54) is 27.7 Å². The SMILES string of the molecule is Nc1cc(N2CCc3ccccc3C2)sn1. The molecule has 0 bridgehead atoms. The molecule has 3 nitrogen and oxygen atoms in total. The first-order valence-corrected chi connectivity index (χ1v) is 6.14. The van der Waals surface area contributed by atoms with Gasteiger partial charge in [0.2, 0.25) is 0 Å². The molecule has 2 aromatic rings. The second-order valence-electron chi connectivity index (χ2n) is 4.03. The van der Waals surface area contributed by atoms with Crippen molar-refractivity contribution in [1.82, 2.24) is 4.37 Å². The van der Waals surface area contributed by atoms with Gasteiger partial charge in [-0.2, -0.15) is 4.37 Å². The standard InChI is InChI=1S/C12H13N3S/c13-11-7-12(16-14-11)15-6-5-9-3-1-2-4-10(9)8-15/h1-4,7H,5-6,8H2,(H2,13,14). The van der Waals surface area contributed by atoms with Gasteiger partial charge in [-0.15, -0.1) is 0 Å². The molecule has 2 N–H and O–H groups in total. The van der Waals surface area contributed by atoms with Crippen LogP contribution in [0.4, 0.5) is 10.8 Å². The van der Waals surface area contributed by atoms with Gasteiger partial charge in [0.25, 0.3) is 0 Å². The molecule has 2 heterocycles. The predicted octanol–water partition coefficient (Wildman–Crippen LogP) is 2.29. The maximum atomic E-state index is 5.65. The molecule has 0 amide bonds. The molecule has 1 aliphatic rings. The zero-order chi connectivity index (χ0) is 11.0. The summed E-state index contributed by atoms with van der Waals surface area (Å²) in [4.78, 5) is 2.34. The molecule has 0 atom stereocenters. The number of nitrogens with two attached hydrogens (primary N) is 1. The minimum atomic E-state index is 0.624. The third-order valence-electron chi connectivity index (χ3n) is 2.96. The third kappa shape index (κ3) is 1.65. The zero-order valence-electron chi connectivity index (χ0n) is 8.89. The van der Waals surface area contributed by atoms with E-state index in [2.05, 4.69) is 33.5 Å². The molecule has 0 aliphatic carbocycles. The van der Waals surface area contributed by atoms with Crippen LogP contribution in [0, 0.1) is 0 Å². The Balaban J connectivity index is 1.88.